The number of benzene rings is 6. The largest absolute Gasteiger partial charge is 0.220 e. The maximum atomic E-state index is 2.54. The Morgan fingerprint density at radius 3 is 1.47 bits per heavy atom. The molecule has 74 heavy (non-hydrogen) atoms. The third-order valence-electron chi connectivity index (χ3n) is 18.2. The fourth-order valence-electron chi connectivity index (χ4n) is 14.0. The summed E-state index contributed by atoms with van der Waals surface area (Å²) in [6.07, 6.45) is 24.0. The normalized spacial score (nSPS) is 16.5. The number of aryl methyl sites for hydroxylation is 6. The second kappa shape index (κ2) is 22.2. The molecular weight excluding hydrogens is 895 g/mol. The minimum absolute atomic E-state index is 0.709. The Morgan fingerprint density at radius 2 is 0.838 bits per heavy atom. The number of hydrogen-bond donors (Lipinski definition) is 0. The van der Waals surface area contributed by atoms with E-state index in [1.807, 2.05) is 0 Å². The van der Waals surface area contributed by atoms with E-state index in [4.69, 9.17) is 0 Å². The number of hydrogen-bond acceptors (Lipinski definition) is 0. The molecule has 3 aromatic heterocycles. The lowest BCUT2D eigenvalue weighted by Gasteiger charge is -2.18. The summed E-state index contributed by atoms with van der Waals surface area (Å²) in [6, 6.07) is 56.7. The molecule has 0 atom stereocenters. The standard InChI is InChI=1S/2C27H32N.C17H16N/c1-19-15-16-22(20-9-3-4-10-20)17-24(19)27-18-25(21-11-5-6-12-21)23-13-7-8-14-26(23)28(27)2;1-19-15-16-22(20-9-3-4-10-20)17-24(19)27-25(21-11-5-6-12-21)18-23-13-7-8-14-26(23)28(27)2;1-13-7-3-5-9-15(13)17-16-10-6-4-8-14(16)11-12-18(17)2/h2*7-8,13-18,20-21H,3-6,9-12H2,1-2H3;3-12H,1-2H3/q3*+1. The predicted octanol–water partition coefficient (Wildman–Crippen LogP) is 17.5. The lowest BCUT2D eigenvalue weighted by atomic mass is 9.87. The van der Waals surface area contributed by atoms with Crippen molar-refractivity contribution in [2.24, 2.45) is 21.1 Å². The van der Waals surface area contributed by atoms with Gasteiger partial charge in [-0.05, 0) is 177 Å². The summed E-state index contributed by atoms with van der Waals surface area (Å²) in [4.78, 5) is 0. The van der Waals surface area contributed by atoms with Crippen LogP contribution in [0, 0.1) is 20.8 Å². The van der Waals surface area contributed by atoms with Gasteiger partial charge in [0.15, 0.2) is 6.20 Å². The Morgan fingerprint density at radius 1 is 0.351 bits per heavy atom. The molecule has 0 saturated heterocycles. The first-order valence-electron chi connectivity index (χ1n) is 28.7. The van der Waals surface area contributed by atoms with Crippen molar-refractivity contribution in [3.63, 3.8) is 0 Å². The Labute approximate surface area is 443 Å². The minimum Gasteiger partial charge on any atom is -0.200 e. The SMILES string of the molecule is Cc1ccc(C2CCCC2)cc1-c1c(C2CCCC2)cc2ccccc2[n+]1C.Cc1ccc(C2CCCC2)cc1-c1cc(C2CCCC2)c2ccccc2[n+]1C.Cc1ccccc1-c1c2ccccc2cc[n+]1C. The first-order chi connectivity index (χ1) is 36.2. The molecule has 4 saturated carbocycles. The van der Waals surface area contributed by atoms with Crippen LogP contribution in [0.3, 0.4) is 0 Å². The van der Waals surface area contributed by atoms with Gasteiger partial charge in [0.05, 0.1) is 5.39 Å². The van der Waals surface area contributed by atoms with Gasteiger partial charge < -0.3 is 0 Å². The van der Waals surface area contributed by atoms with Crippen molar-refractivity contribution in [2.45, 2.75) is 147 Å². The van der Waals surface area contributed by atoms with Gasteiger partial charge in [-0.15, -0.1) is 0 Å². The van der Waals surface area contributed by atoms with Crippen molar-refractivity contribution in [3.05, 3.63) is 197 Å². The van der Waals surface area contributed by atoms with Gasteiger partial charge in [-0.2, -0.15) is 9.13 Å². The molecule has 0 spiro atoms. The quantitative estimate of drug-likeness (QED) is 0.141. The predicted molar refractivity (Wildman–Crippen MR) is 311 cm³/mol. The van der Waals surface area contributed by atoms with Gasteiger partial charge in [-0.25, -0.2) is 4.57 Å². The molecule has 0 aliphatic heterocycles. The third-order valence-corrected chi connectivity index (χ3v) is 18.2. The van der Waals surface area contributed by atoms with Crippen molar-refractivity contribution in [1.29, 1.82) is 0 Å². The molecule has 0 N–H and O–H groups in total. The molecule has 0 amide bonds. The summed E-state index contributed by atoms with van der Waals surface area (Å²) in [7, 11) is 6.63. The monoisotopic (exact) mass is 975 g/mol. The minimum atomic E-state index is 0.709. The Bertz CT molecular complexity index is 3450. The van der Waals surface area contributed by atoms with Crippen LogP contribution in [0.15, 0.2) is 158 Å². The second-order valence-corrected chi connectivity index (χ2v) is 22.9. The van der Waals surface area contributed by atoms with Crippen LogP contribution in [0.1, 0.15) is 165 Å². The summed E-state index contributed by atoms with van der Waals surface area (Å²) in [5.41, 5.74) is 21.4. The van der Waals surface area contributed by atoms with E-state index in [1.165, 1.54) is 186 Å². The number of fused-ring (bicyclic) bond motifs is 3. The van der Waals surface area contributed by atoms with Gasteiger partial charge in [-0.3, -0.25) is 0 Å². The van der Waals surface area contributed by atoms with Crippen LogP contribution in [0.2, 0.25) is 0 Å². The van der Waals surface area contributed by atoms with Crippen molar-refractivity contribution in [1.82, 2.24) is 0 Å². The van der Waals surface area contributed by atoms with Crippen LogP contribution >= 0.6 is 0 Å². The average molecular weight is 975 g/mol. The highest BCUT2D eigenvalue weighted by Crippen LogP contribution is 2.43. The summed E-state index contributed by atoms with van der Waals surface area (Å²) in [5.74, 6) is 2.96. The fourth-order valence-corrected chi connectivity index (χ4v) is 14.0. The second-order valence-electron chi connectivity index (χ2n) is 22.9. The van der Waals surface area contributed by atoms with E-state index in [1.54, 1.807) is 22.3 Å². The van der Waals surface area contributed by atoms with E-state index >= 15 is 0 Å². The van der Waals surface area contributed by atoms with E-state index in [-0.39, 0.29) is 0 Å². The van der Waals surface area contributed by atoms with Crippen molar-refractivity contribution >= 4 is 32.6 Å². The molecule has 4 fully saturated rings. The summed E-state index contributed by atoms with van der Waals surface area (Å²) in [6.45, 7) is 6.73. The van der Waals surface area contributed by atoms with E-state index < -0.39 is 0 Å². The van der Waals surface area contributed by atoms with Crippen LogP contribution in [0.4, 0.5) is 0 Å². The van der Waals surface area contributed by atoms with E-state index in [0.29, 0.717) is 5.92 Å². The molecule has 3 heterocycles. The Hall–Kier alpha value is -6.45. The van der Waals surface area contributed by atoms with Crippen LogP contribution < -0.4 is 13.7 Å². The molecule has 0 unspecified atom stereocenters. The van der Waals surface area contributed by atoms with Gasteiger partial charge in [0.25, 0.3) is 0 Å². The third kappa shape index (κ3) is 10.1. The van der Waals surface area contributed by atoms with Gasteiger partial charge in [0, 0.05) is 57.3 Å². The Kier molecular flexibility index (Phi) is 14.9. The average Bonchev–Trinajstić information content (AvgIpc) is 4.31. The molecule has 0 radical (unpaired) electrons. The molecular formula is C71H80N3+3. The number of nitrogens with zero attached hydrogens (tertiary/aromatic N) is 3. The van der Waals surface area contributed by atoms with E-state index in [9.17, 15) is 0 Å². The number of aromatic nitrogens is 3. The topological polar surface area (TPSA) is 11.6 Å². The number of pyridine rings is 3. The number of rotatable bonds is 7. The smallest absolute Gasteiger partial charge is 0.200 e. The summed E-state index contributed by atoms with van der Waals surface area (Å²) < 4.78 is 7.10. The van der Waals surface area contributed by atoms with Crippen molar-refractivity contribution in [3.8, 4) is 33.8 Å². The maximum absolute atomic E-state index is 2.54. The lowest BCUT2D eigenvalue weighted by molar-refractivity contribution is -0.659. The zero-order valence-electron chi connectivity index (χ0n) is 45.5. The molecule has 9 aromatic rings. The van der Waals surface area contributed by atoms with Crippen LogP contribution in [-0.4, -0.2) is 0 Å². The Balaban J connectivity index is 0.000000122. The highest BCUT2D eigenvalue weighted by Gasteiger charge is 2.31. The summed E-state index contributed by atoms with van der Waals surface area (Å²) in [5, 5.41) is 5.41. The molecule has 0 bridgehead atoms. The van der Waals surface area contributed by atoms with Gasteiger partial charge >= 0.3 is 0 Å². The highest BCUT2D eigenvalue weighted by atomic mass is 14.9. The molecule has 3 heteroatoms. The van der Waals surface area contributed by atoms with Crippen molar-refractivity contribution in [2.75, 3.05) is 0 Å². The summed E-state index contributed by atoms with van der Waals surface area (Å²) >= 11 is 0. The molecule has 6 aromatic carbocycles. The maximum Gasteiger partial charge on any atom is 0.220 e. The van der Waals surface area contributed by atoms with E-state index in [0.717, 1.165) is 17.8 Å². The van der Waals surface area contributed by atoms with Gasteiger partial charge in [0.2, 0.25) is 28.1 Å². The molecule has 13 rings (SSSR count). The van der Waals surface area contributed by atoms with Gasteiger partial charge in [0.1, 0.15) is 21.1 Å². The molecule has 376 valence electrons. The van der Waals surface area contributed by atoms with Crippen LogP contribution in [0.25, 0.3) is 66.4 Å². The van der Waals surface area contributed by atoms with Gasteiger partial charge in [-0.1, -0.05) is 136 Å². The van der Waals surface area contributed by atoms with Crippen molar-refractivity contribution < 1.29 is 13.7 Å². The zero-order chi connectivity index (χ0) is 50.7. The van der Waals surface area contributed by atoms with Crippen LogP contribution in [-0.2, 0) is 21.1 Å². The molecule has 4 aliphatic carbocycles. The highest BCUT2D eigenvalue weighted by molar-refractivity contribution is 5.93. The zero-order valence-corrected chi connectivity index (χ0v) is 45.5. The first kappa shape index (κ1) is 49.7. The van der Waals surface area contributed by atoms with Crippen LogP contribution in [0.5, 0.6) is 0 Å². The van der Waals surface area contributed by atoms with E-state index in [2.05, 4.69) is 213 Å². The first-order valence-corrected chi connectivity index (χ1v) is 28.7. The fraction of sp³-hybridized carbons (Fsp3) is 0.366. The lowest BCUT2D eigenvalue weighted by Crippen LogP contribution is -2.34. The number of para-hydroxylation sites is 2. The molecule has 4 aliphatic rings. The molecule has 3 nitrogen and oxygen atoms in total.